The Morgan fingerprint density at radius 2 is 1.00 bits per heavy atom. The quantitative estimate of drug-likeness (QED) is 0.378. The van der Waals surface area contributed by atoms with Gasteiger partial charge in [-0.05, 0) is 0 Å². The molecule has 0 bridgehead atoms. The minimum absolute atomic E-state index is 0. The van der Waals surface area contributed by atoms with E-state index < -0.39 is 7.32 Å². The molecule has 41 valence electrons. The summed E-state index contributed by atoms with van der Waals surface area (Å²) in [7, 11) is -2.92. The third-order valence-electron chi connectivity index (χ3n) is 0. The summed E-state index contributed by atoms with van der Waals surface area (Å²) >= 11 is 0. The van der Waals surface area contributed by atoms with E-state index in [4.69, 9.17) is 15.1 Å². The molecule has 0 fully saturated rings. The molecule has 0 heterocycles. The zero-order chi connectivity index (χ0) is 3.58. The van der Waals surface area contributed by atoms with E-state index in [1.807, 2.05) is 0 Å². The Labute approximate surface area is 73.2 Å². The van der Waals surface area contributed by atoms with Gasteiger partial charge in [0, 0.05) is 0 Å². The normalized spacial score (nSPS) is 3.86. The van der Waals surface area contributed by atoms with Gasteiger partial charge >= 0.3 is 50.9 Å². The van der Waals surface area contributed by atoms with Crippen LogP contribution in [-0.2, 0) is 33.6 Å². The first kappa shape index (κ1) is 23.6. The number of rotatable bonds is 0. The Morgan fingerprint density at radius 1 is 1.00 bits per heavy atom. The summed E-state index contributed by atoms with van der Waals surface area (Å²) in [6.45, 7) is 0. The van der Waals surface area contributed by atoms with Crippen LogP contribution >= 0.6 is 0 Å². The van der Waals surface area contributed by atoms with E-state index in [2.05, 4.69) is 0 Å². The van der Waals surface area contributed by atoms with E-state index in [9.17, 15) is 0 Å². The second-order valence-electron chi connectivity index (χ2n) is 0.289. The first-order chi connectivity index (χ1) is 1.73. The molecule has 1 radical (unpaired) electrons. The van der Waals surface area contributed by atoms with Crippen LogP contribution in [0, 0.1) is 0 Å². The van der Waals surface area contributed by atoms with Crippen molar-refractivity contribution in [1.82, 2.24) is 0 Å². The molecule has 0 atom stereocenters. The molecule has 0 aromatic rings. The largest absolute Gasteiger partial charge is 3.00 e. The Hall–Kier alpha value is 1.49. The molecule has 0 unspecified atom stereocenters. The molecule has 0 N–H and O–H groups in total. The summed E-state index contributed by atoms with van der Waals surface area (Å²) < 4.78 is 0. The van der Waals surface area contributed by atoms with Crippen LogP contribution in [0.3, 0.4) is 0 Å². The average molecular weight is 208 g/mol. The predicted octanol–water partition coefficient (Wildman–Crippen LogP) is -4.33. The fourth-order valence-corrected chi connectivity index (χ4v) is 0. The van der Waals surface area contributed by atoms with Gasteiger partial charge in [0.25, 0.3) is 0 Å². The molecule has 3 nitrogen and oxygen atoms in total. The van der Waals surface area contributed by atoms with E-state index in [-0.39, 0.29) is 50.9 Å². The maximum absolute atomic E-state index is 8.42. The van der Waals surface area contributed by atoms with Crippen molar-refractivity contribution in [1.29, 1.82) is 0 Å². The van der Waals surface area contributed by atoms with Crippen LogP contribution < -0.4 is 15.1 Å². The minimum Gasteiger partial charge on any atom is -0.907 e. The Bertz CT molecular complexity index is 19.7. The molecule has 0 aliphatic heterocycles. The number of hydrogen-bond acceptors (Lipinski definition) is 3. The average Bonchev–Trinajstić information content (AvgIpc) is 0.811. The summed E-state index contributed by atoms with van der Waals surface area (Å²) in [5.41, 5.74) is 0. The molecule has 0 aromatic carbocycles. The summed E-state index contributed by atoms with van der Waals surface area (Å²) in [6, 6.07) is 0. The first-order valence-electron chi connectivity index (χ1n) is 0.707. The molecule has 7 heavy (non-hydrogen) atoms. The third-order valence-corrected chi connectivity index (χ3v) is 0. The second kappa shape index (κ2) is 15.6. The Balaban J connectivity index is -0.0000000150. The van der Waals surface area contributed by atoms with Gasteiger partial charge in [-0.3, -0.25) is 7.32 Å². The van der Waals surface area contributed by atoms with Crippen molar-refractivity contribution in [3.05, 3.63) is 0 Å². The molecule has 0 saturated heterocycles. The van der Waals surface area contributed by atoms with Gasteiger partial charge in [-0.1, -0.05) is 0 Å². The summed E-state index contributed by atoms with van der Waals surface area (Å²) in [5, 5.41) is 25.2. The maximum Gasteiger partial charge on any atom is 3.00 e. The van der Waals surface area contributed by atoms with E-state index >= 15 is 0 Å². The molecular weight excluding hydrogens is 208 g/mol. The SMILES string of the molecule is [Al+3].[Cu+2].[Ni+2].[O-]B([O-])[O-]. The molecule has 0 amide bonds. The third kappa shape index (κ3) is 102. The number of hydrogen-bond donors (Lipinski definition) is 0. The molecule has 0 spiro atoms. The van der Waals surface area contributed by atoms with Gasteiger partial charge in [0.2, 0.25) is 0 Å². The van der Waals surface area contributed by atoms with Crippen LogP contribution in [-0.4, -0.2) is 24.7 Å². The van der Waals surface area contributed by atoms with E-state index in [0.717, 1.165) is 0 Å². The molecule has 0 aliphatic rings. The topological polar surface area (TPSA) is 69.2 Å². The van der Waals surface area contributed by atoms with Crippen LogP contribution in [0.5, 0.6) is 0 Å². The van der Waals surface area contributed by atoms with Crippen molar-refractivity contribution in [2.45, 2.75) is 0 Å². The van der Waals surface area contributed by atoms with Crippen molar-refractivity contribution >= 4 is 24.7 Å². The zero-order valence-electron chi connectivity index (χ0n) is 3.00. The summed E-state index contributed by atoms with van der Waals surface area (Å²) in [6.07, 6.45) is 0. The Kier molecular flexibility index (Phi) is 52.8. The van der Waals surface area contributed by atoms with E-state index in [1.165, 1.54) is 0 Å². The molecule has 0 saturated carbocycles. The van der Waals surface area contributed by atoms with Gasteiger partial charge in [-0.15, -0.1) is 0 Å². The van der Waals surface area contributed by atoms with Crippen LogP contribution in [0.2, 0.25) is 0 Å². The zero-order valence-corrected chi connectivity index (χ0v) is 6.08. The monoisotopic (exact) mass is 207 g/mol. The smallest absolute Gasteiger partial charge is 0.907 e. The van der Waals surface area contributed by atoms with E-state index in [1.54, 1.807) is 0 Å². The predicted molar refractivity (Wildman–Crippen MR) is 11.5 cm³/mol. The molecule has 0 rings (SSSR count). The fraction of sp³-hybridized carbons (Fsp3) is 0. The minimum atomic E-state index is -2.92. The molecular formula is AlBCuNiO3+4. The van der Waals surface area contributed by atoms with E-state index in [0.29, 0.717) is 0 Å². The van der Waals surface area contributed by atoms with Gasteiger partial charge in [0.15, 0.2) is 0 Å². The first-order valence-corrected chi connectivity index (χ1v) is 0.707. The summed E-state index contributed by atoms with van der Waals surface area (Å²) in [5.74, 6) is 0. The second-order valence-corrected chi connectivity index (χ2v) is 0.289. The Morgan fingerprint density at radius 3 is 1.00 bits per heavy atom. The van der Waals surface area contributed by atoms with Gasteiger partial charge in [0.1, 0.15) is 0 Å². The van der Waals surface area contributed by atoms with Crippen LogP contribution in [0.1, 0.15) is 0 Å². The van der Waals surface area contributed by atoms with Gasteiger partial charge in [0.05, 0.1) is 0 Å². The van der Waals surface area contributed by atoms with Crippen molar-refractivity contribution in [2.75, 3.05) is 0 Å². The van der Waals surface area contributed by atoms with Crippen LogP contribution in [0.15, 0.2) is 0 Å². The molecule has 7 heteroatoms. The van der Waals surface area contributed by atoms with Gasteiger partial charge < -0.3 is 15.1 Å². The van der Waals surface area contributed by atoms with Gasteiger partial charge in [-0.25, -0.2) is 0 Å². The van der Waals surface area contributed by atoms with Crippen molar-refractivity contribution < 1.29 is 48.6 Å². The van der Waals surface area contributed by atoms with Crippen molar-refractivity contribution in [3.8, 4) is 0 Å². The molecule has 0 aliphatic carbocycles. The van der Waals surface area contributed by atoms with Crippen LogP contribution in [0.25, 0.3) is 0 Å². The standard InChI is InChI=1S/Al.BO3.Cu.Ni/c;2-1(3)4;;/q+3;-3;2*+2. The van der Waals surface area contributed by atoms with Crippen LogP contribution in [0.4, 0.5) is 0 Å². The fourth-order valence-electron chi connectivity index (χ4n) is 0. The van der Waals surface area contributed by atoms with Crippen molar-refractivity contribution in [2.24, 2.45) is 0 Å². The molecule has 0 aromatic heterocycles. The maximum atomic E-state index is 8.42. The van der Waals surface area contributed by atoms with Gasteiger partial charge in [-0.2, -0.15) is 0 Å². The van der Waals surface area contributed by atoms with Crippen molar-refractivity contribution in [3.63, 3.8) is 0 Å². The summed E-state index contributed by atoms with van der Waals surface area (Å²) in [4.78, 5) is 0.